The van der Waals surface area contributed by atoms with Gasteiger partial charge >= 0.3 is 13.7 Å². The zero-order valence-corrected chi connectivity index (χ0v) is 24.5. The lowest BCUT2D eigenvalue weighted by Crippen LogP contribution is -2.48. The summed E-state index contributed by atoms with van der Waals surface area (Å²) in [6.45, 7) is 5.45. The summed E-state index contributed by atoms with van der Waals surface area (Å²) in [4.78, 5) is 36.2. The number of ether oxygens (including phenoxy) is 2. The summed E-state index contributed by atoms with van der Waals surface area (Å²) in [6, 6.07) is 11.1. The molecular weight excluding hydrogens is 546 g/mol. The monoisotopic (exact) mass is 586 g/mol. The van der Waals surface area contributed by atoms with E-state index in [0.29, 0.717) is 44.8 Å². The zero-order chi connectivity index (χ0) is 28.8. The van der Waals surface area contributed by atoms with E-state index in [0.717, 1.165) is 67.8 Å². The Morgan fingerprint density at radius 3 is 2.34 bits per heavy atom. The topological polar surface area (TPSA) is 99.5 Å². The predicted molar refractivity (Wildman–Crippen MR) is 153 cm³/mol. The maximum absolute atomic E-state index is 13.6. The summed E-state index contributed by atoms with van der Waals surface area (Å²) in [5.74, 6) is 1.14. The van der Waals surface area contributed by atoms with E-state index in [-0.39, 0.29) is 18.0 Å². The molecule has 0 atom stereocenters. The van der Waals surface area contributed by atoms with Crippen molar-refractivity contribution in [1.29, 1.82) is 0 Å². The minimum absolute atomic E-state index is 0.0167. The van der Waals surface area contributed by atoms with Gasteiger partial charge in [0.25, 0.3) is 0 Å². The third kappa shape index (κ3) is 6.19. The van der Waals surface area contributed by atoms with Crippen LogP contribution in [0.3, 0.4) is 0 Å². The second-order valence-electron chi connectivity index (χ2n) is 12.3. The Morgan fingerprint density at radius 2 is 1.73 bits per heavy atom. The van der Waals surface area contributed by atoms with Crippen LogP contribution in [0.4, 0.5) is 9.18 Å². The molecule has 2 aromatic rings. The third-order valence-corrected chi connectivity index (χ3v) is 10.9. The smallest absolute Gasteiger partial charge is 0.410 e. The molecule has 0 radical (unpaired) electrons. The summed E-state index contributed by atoms with van der Waals surface area (Å²) in [5.41, 5.74) is 3.48. The molecule has 4 aliphatic rings. The lowest BCUT2D eigenvalue weighted by molar-refractivity contribution is -0.00151. The Balaban J connectivity index is 1.12. The van der Waals surface area contributed by atoms with Crippen LogP contribution in [-0.2, 0) is 15.8 Å². The Labute approximate surface area is 241 Å². The van der Waals surface area contributed by atoms with Gasteiger partial charge in [0.05, 0.1) is 18.8 Å². The molecule has 1 amide bonds. The number of halogens is 1. The molecule has 10 heteroatoms. The number of hydrogen-bond acceptors (Lipinski definition) is 5. The number of piperidine rings is 1. The normalized spacial score (nSPS) is 25.0. The van der Waals surface area contributed by atoms with E-state index in [9.17, 15) is 23.5 Å². The van der Waals surface area contributed by atoms with Crippen LogP contribution in [-0.4, -0.2) is 69.2 Å². The molecule has 2 aliphatic carbocycles. The van der Waals surface area contributed by atoms with Crippen molar-refractivity contribution in [2.45, 2.75) is 88.1 Å². The van der Waals surface area contributed by atoms with Crippen molar-refractivity contribution in [3.63, 3.8) is 0 Å². The van der Waals surface area contributed by atoms with E-state index >= 15 is 0 Å². The Bertz CT molecular complexity index is 1310. The molecule has 4 fully saturated rings. The molecule has 2 saturated heterocycles. The molecule has 1 spiro atoms. The van der Waals surface area contributed by atoms with Crippen molar-refractivity contribution in [1.82, 2.24) is 9.80 Å². The lowest BCUT2D eigenvalue weighted by Gasteiger charge is -2.38. The van der Waals surface area contributed by atoms with Crippen molar-refractivity contribution in [2.75, 3.05) is 26.2 Å². The van der Waals surface area contributed by atoms with Crippen molar-refractivity contribution >= 4 is 13.7 Å². The van der Waals surface area contributed by atoms with Crippen LogP contribution in [0.5, 0.6) is 5.75 Å². The van der Waals surface area contributed by atoms with Gasteiger partial charge in [-0.2, -0.15) is 0 Å². The maximum atomic E-state index is 13.6. The van der Waals surface area contributed by atoms with Gasteiger partial charge in [-0.1, -0.05) is 12.1 Å². The first kappa shape index (κ1) is 28.7. The second-order valence-corrected chi connectivity index (χ2v) is 14.2. The van der Waals surface area contributed by atoms with Crippen LogP contribution in [0, 0.1) is 5.82 Å². The third-order valence-electron chi connectivity index (χ3n) is 9.45. The van der Waals surface area contributed by atoms with Gasteiger partial charge in [0.1, 0.15) is 17.2 Å². The summed E-state index contributed by atoms with van der Waals surface area (Å²) >= 11 is 0. The molecule has 8 nitrogen and oxygen atoms in total. The highest BCUT2D eigenvalue weighted by atomic mass is 31.2. The molecular formula is C31H40FN2O6P. The first-order valence-electron chi connectivity index (χ1n) is 15.0. The minimum Gasteiger partial charge on any atom is -0.494 e. The minimum atomic E-state index is -4.08. The fraction of sp³-hybridized carbons (Fsp3) is 0.581. The molecule has 2 N–H and O–H groups in total. The quantitative estimate of drug-likeness (QED) is 0.364. The Hall–Kier alpha value is -2.45. The van der Waals surface area contributed by atoms with E-state index in [1.54, 1.807) is 0 Å². The van der Waals surface area contributed by atoms with Crippen LogP contribution in [0.25, 0.3) is 11.1 Å². The van der Waals surface area contributed by atoms with Crippen LogP contribution >= 0.6 is 7.60 Å². The molecule has 41 heavy (non-hydrogen) atoms. The number of likely N-dealkylation sites (tertiary alicyclic amines) is 1. The van der Waals surface area contributed by atoms with Crippen LogP contribution in [0.2, 0.25) is 0 Å². The lowest BCUT2D eigenvalue weighted by atomic mass is 9.88. The molecule has 0 aromatic heterocycles. The molecule has 222 valence electrons. The summed E-state index contributed by atoms with van der Waals surface area (Å²) in [7, 11) is -4.08. The van der Waals surface area contributed by atoms with Gasteiger partial charge < -0.3 is 24.2 Å². The largest absolute Gasteiger partial charge is 0.494 e. The molecule has 2 heterocycles. The first-order chi connectivity index (χ1) is 19.6. The highest BCUT2D eigenvalue weighted by molar-refractivity contribution is 7.52. The number of carbonyl (C=O) groups excluding carboxylic acids is 1. The van der Waals surface area contributed by atoms with Gasteiger partial charge in [-0.05, 0) is 92.3 Å². The number of carbonyl (C=O) groups is 1. The fourth-order valence-corrected chi connectivity index (χ4v) is 7.89. The van der Waals surface area contributed by atoms with E-state index < -0.39 is 18.9 Å². The Kier molecular flexibility index (Phi) is 7.92. The van der Waals surface area contributed by atoms with Gasteiger partial charge in [0, 0.05) is 44.1 Å². The molecule has 2 aromatic carbocycles. The first-order valence-corrected chi connectivity index (χ1v) is 16.6. The number of hydrogen-bond donors (Lipinski definition) is 2. The van der Waals surface area contributed by atoms with Gasteiger partial charge in [-0.3, -0.25) is 9.46 Å². The summed E-state index contributed by atoms with van der Waals surface area (Å²) in [6.07, 6.45) is 5.61. The van der Waals surface area contributed by atoms with E-state index in [4.69, 9.17) is 9.47 Å². The fourth-order valence-electron chi connectivity index (χ4n) is 6.92. The molecule has 0 bridgehead atoms. The number of nitrogens with zero attached hydrogens (tertiary/aromatic N) is 2. The van der Waals surface area contributed by atoms with E-state index in [1.165, 1.54) is 17.7 Å². The van der Waals surface area contributed by atoms with Gasteiger partial charge in [-0.15, -0.1) is 0 Å². The highest BCUT2D eigenvalue weighted by Gasteiger charge is 2.49. The standard InChI is InChI=1S/C31H40FN2O6P/c1-2-39-29-18-28(22-5-7-24(32)8-6-22)27(21-3-4-21)17-23(29)19-33-15-13-31(14-16-33)20-34(30(35)40-31)25-9-11-26(12-10-25)41(36,37)38/h5-8,17-18,21,25-26H,2-4,9-16,19-20H2,1H3,(H2,36,37,38). The molecule has 2 aliphatic heterocycles. The van der Waals surface area contributed by atoms with Crippen LogP contribution in [0.15, 0.2) is 36.4 Å². The molecule has 0 unspecified atom stereocenters. The van der Waals surface area contributed by atoms with Crippen LogP contribution < -0.4 is 4.74 Å². The van der Waals surface area contributed by atoms with Crippen molar-refractivity contribution in [2.24, 2.45) is 0 Å². The average Bonchev–Trinajstić information content (AvgIpc) is 3.74. The van der Waals surface area contributed by atoms with Crippen LogP contribution in [0.1, 0.15) is 75.3 Å². The van der Waals surface area contributed by atoms with Crippen molar-refractivity contribution < 1.29 is 33.0 Å². The zero-order valence-electron chi connectivity index (χ0n) is 23.6. The van der Waals surface area contributed by atoms with Gasteiger partial charge in [0.2, 0.25) is 0 Å². The second kappa shape index (κ2) is 11.3. The predicted octanol–water partition coefficient (Wildman–Crippen LogP) is 6.04. The van der Waals surface area contributed by atoms with Crippen molar-refractivity contribution in [3.05, 3.63) is 53.3 Å². The van der Waals surface area contributed by atoms with Gasteiger partial charge in [-0.25, -0.2) is 9.18 Å². The summed E-state index contributed by atoms with van der Waals surface area (Å²) < 4.78 is 37.4. The van der Waals surface area contributed by atoms with E-state index in [2.05, 4.69) is 17.0 Å². The van der Waals surface area contributed by atoms with E-state index in [1.807, 2.05) is 24.0 Å². The van der Waals surface area contributed by atoms with Crippen molar-refractivity contribution in [3.8, 4) is 16.9 Å². The highest BCUT2D eigenvalue weighted by Crippen LogP contribution is 2.50. The number of benzene rings is 2. The molecule has 6 rings (SSSR count). The Morgan fingerprint density at radius 1 is 1.05 bits per heavy atom. The number of rotatable bonds is 8. The average molecular weight is 587 g/mol. The van der Waals surface area contributed by atoms with Gasteiger partial charge in [0.15, 0.2) is 0 Å². The SMILES string of the molecule is CCOc1cc(-c2ccc(F)cc2)c(C2CC2)cc1CN1CCC2(CC1)CN(C1CCC(P(=O)(O)O)CC1)C(=O)O2. The molecule has 2 saturated carbocycles. The maximum Gasteiger partial charge on any atom is 0.410 e. The number of amides is 1. The summed E-state index contributed by atoms with van der Waals surface area (Å²) in [5, 5.41) is 0.